The van der Waals surface area contributed by atoms with Crippen LogP contribution in [0.2, 0.25) is 10.0 Å². The van der Waals surface area contributed by atoms with Crippen LogP contribution in [0.1, 0.15) is 48.4 Å². The van der Waals surface area contributed by atoms with Crippen molar-refractivity contribution in [1.82, 2.24) is 4.90 Å². The van der Waals surface area contributed by atoms with Crippen LogP contribution in [0.3, 0.4) is 0 Å². The van der Waals surface area contributed by atoms with E-state index in [1.807, 2.05) is 30.3 Å². The number of aliphatic hydroxyl groups excluding tert-OH is 1. The van der Waals surface area contributed by atoms with Crippen molar-refractivity contribution in [2.75, 3.05) is 20.2 Å². The van der Waals surface area contributed by atoms with Crippen LogP contribution in [0.5, 0.6) is 0 Å². The molecule has 1 atom stereocenters. The number of carbonyl (C=O) groups is 2. The number of nitrogens with zero attached hydrogens (tertiary/aromatic N) is 1. The van der Waals surface area contributed by atoms with Gasteiger partial charge in [0.25, 0.3) is 0 Å². The van der Waals surface area contributed by atoms with E-state index in [2.05, 4.69) is 0 Å². The molecule has 3 aromatic carbocycles. The summed E-state index contributed by atoms with van der Waals surface area (Å²) in [5.74, 6) is -0.484. The summed E-state index contributed by atoms with van der Waals surface area (Å²) in [6.07, 6.45) is -0.846. The smallest absolute Gasteiger partial charge is 0.410 e. The van der Waals surface area contributed by atoms with Gasteiger partial charge in [0.1, 0.15) is 5.60 Å². The molecule has 0 bridgehead atoms. The monoisotopic (exact) mass is 543 g/mol. The number of esters is 1. The molecule has 0 heterocycles. The van der Waals surface area contributed by atoms with Crippen LogP contribution in [0.25, 0.3) is 11.1 Å². The van der Waals surface area contributed by atoms with Gasteiger partial charge in [-0.25, -0.2) is 9.59 Å². The number of halogens is 2. The van der Waals surface area contributed by atoms with E-state index in [9.17, 15) is 14.7 Å². The van der Waals surface area contributed by atoms with Gasteiger partial charge in [-0.05, 0) is 73.7 Å². The molecule has 1 amide bonds. The number of benzene rings is 3. The minimum absolute atomic E-state index is 0.0678. The van der Waals surface area contributed by atoms with Gasteiger partial charge in [-0.15, -0.1) is 0 Å². The SMILES string of the molecule is COC(=O)c1ccc(-c2ccc(CCN(C[C@H](O)c3cccc(Cl)c3)C(=O)OC(C)(C)C)cc2)cc1Cl. The molecule has 8 heteroatoms. The van der Waals surface area contributed by atoms with Crippen molar-refractivity contribution in [3.05, 3.63) is 93.5 Å². The van der Waals surface area contributed by atoms with Crippen molar-refractivity contribution in [3.63, 3.8) is 0 Å². The normalized spacial score (nSPS) is 12.1. The van der Waals surface area contributed by atoms with Crippen molar-refractivity contribution in [1.29, 1.82) is 0 Å². The fraction of sp³-hybridized carbons (Fsp3) is 0.310. The Labute approximate surface area is 227 Å². The summed E-state index contributed by atoms with van der Waals surface area (Å²) in [7, 11) is 1.31. The maximum atomic E-state index is 12.9. The summed E-state index contributed by atoms with van der Waals surface area (Å²) < 4.78 is 10.3. The van der Waals surface area contributed by atoms with Crippen molar-refractivity contribution in [2.24, 2.45) is 0 Å². The fourth-order valence-corrected chi connectivity index (χ4v) is 4.17. The standard InChI is InChI=1S/C29H31Cl2NO5/c1-29(2,3)37-28(35)32(18-26(33)22-6-5-7-23(30)16-22)15-14-19-8-10-20(11-9-19)21-12-13-24(25(31)17-21)27(34)36-4/h5-13,16-17,26,33H,14-15,18H2,1-4H3/t26-/m0/s1. The van der Waals surface area contributed by atoms with Gasteiger partial charge in [-0.1, -0.05) is 65.7 Å². The zero-order valence-corrected chi connectivity index (χ0v) is 22.8. The van der Waals surface area contributed by atoms with Gasteiger partial charge in [-0.3, -0.25) is 0 Å². The van der Waals surface area contributed by atoms with Gasteiger partial charge in [0.15, 0.2) is 0 Å². The summed E-state index contributed by atoms with van der Waals surface area (Å²) in [6.45, 7) is 5.83. The minimum Gasteiger partial charge on any atom is -0.465 e. The summed E-state index contributed by atoms with van der Waals surface area (Å²) >= 11 is 12.3. The lowest BCUT2D eigenvalue weighted by molar-refractivity contribution is 0.0147. The number of hydrogen-bond donors (Lipinski definition) is 1. The number of hydrogen-bond acceptors (Lipinski definition) is 5. The number of aliphatic hydroxyl groups is 1. The molecule has 3 rings (SSSR count). The first kappa shape index (κ1) is 28.5. The second-order valence-electron chi connectivity index (χ2n) is 9.63. The second kappa shape index (κ2) is 12.5. The number of methoxy groups -OCH3 is 1. The van der Waals surface area contributed by atoms with Gasteiger partial charge < -0.3 is 19.5 Å². The largest absolute Gasteiger partial charge is 0.465 e. The Morgan fingerprint density at radius 3 is 2.24 bits per heavy atom. The van der Waals surface area contributed by atoms with E-state index in [1.54, 1.807) is 57.2 Å². The molecule has 0 unspecified atom stereocenters. The Hall–Kier alpha value is -3.06. The van der Waals surface area contributed by atoms with Crippen molar-refractivity contribution in [3.8, 4) is 11.1 Å². The first-order valence-electron chi connectivity index (χ1n) is 11.9. The second-order valence-corrected chi connectivity index (χ2v) is 10.5. The summed E-state index contributed by atoms with van der Waals surface area (Å²) in [5.41, 5.74) is 3.08. The highest BCUT2D eigenvalue weighted by Crippen LogP contribution is 2.27. The third kappa shape index (κ3) is 8.22. The molecular weight excluding hydrogens is 513 g/mol. The Bertz CT molecular complexity index is 1240. The van der Waals surface area contributed by atoms with Gasteiger partial charge in [0.2, 0.25) is 0 Å². The zero-order valence-electron chi connectivity index (χ0n) is 21.3. The highest BCUT2D eigenvalue weighted by molar-refractivity contribution is 6.33. The summed E-state index contributed by atoms with van der Waals surface area (Å²) in [4.78, 5) is 26.2. The molecule has 1 N–H and O–H groups in total. The lowest BCUT2D eigenvalue weighted by Gasteiger charge is -2.29. The average Bonchev–Trinajstić information content (AvgIpc) is 2.85. The molecular formula is C29H31Cl2NO5. The molecule has 0 fully saturated rings. The topological polar surface area (TPSA) is 76.1 Å². The molecule has 6 nitrogen and oxygen atoms in total. The molecule has 3 aromatic rings. The first-order chi connectivity index (χ1) is 17.5. The molecule has 196 valence electrons. The molecule has 0 radical (unpaired) electrons. The number of amides is 1. The van der Waals surface area contributed by atoms with Crippen molar-refractivity contribution < 1.29 is 24.2 Å². The number of carbonyl (C=O) groups excluding carboxylic acids is 2. The van der Waals surface area contributed by atoms with Crippen LogP contribution in [0.4, 0.5) is 4.79 Å². The Morgan fingerprint density at radius 1 is 0.973 bits per heavy atom. The predicted molar refractivity (Wildman–Crippen MR) is 146 cm³/mol. The highest BCUT2D eigenvalue weighted by Gasteiger charge is 2.24. The van der Waals surface area contributed by atoms with Crippen molar-refractivity contribution in [2.45, 2.75) is 38.9 Å². The lowest BCUT2D eigenvalue weighted by atomic mass is 10.0. The Balaban J connectivity index is 1.72. The molecule has 0 aliphatic carbocycles. The van der Waals surface area contributed by atoms with Gasteiger partial charge in [-0.2, -0.15) is 0 Å². The predicted octanol–water partition coefficient (Wildman–Crippen LogP) is 6.96. The van der Waals surface area contributed by atoms with Gasteiger partial charge in [0.05, 0.1) is 30.3 Å². The van der Waals surface area contributed by atoms with Crippen LogP contribution in [-0.2, 0) is 15.9 Å². The Kier molecular flexibility index (Phi) is 9.60. The highest BCUT2D eigenvalue weighted by atomic mass is 35.5. The third-order valence-electron chi connectivity index (χ3n) is 5.61. The van der Waals surface area contributed by atoms with Crippen LogP contribution in [0, 0.1) is 0 Å². The number of rotatable bonds is 8. The molecule has 0 aliphatic heterocycles. The molecule has 37 heavy (non-hydrogen) atoms. The third-order valence-corrected chi connectivity index (χ3v) is 6.16. The lowest BCUT2D eigenvalue weighted by Crippen LogP contribution is -2.40. The van der Waals surface area contributed by atoms with Crippen LogP contribution in [0.15, 0.2) is 66.7 Å². The van der Waals surface area contributed by atoms with Crippen LogP contribution >= 0.6 is 23.2 Å². The van der Waals surface area contributed by atoms with E-state index in [0.717, 1.165) is 16.7 Å². The van der Waals surface area contributed by atoms with Crippen LogP contribution in [-0.4, -0.2) is 47.9 Å². The molecule has 0 aliphatic rings. The Morgan fingerprint density at radius 2 is 1.65 bits per heavy atom. The summed E-state index contributed by atoms with van der Waals surface area (Å²) in [6, 6.07) is 20.0. The molecule has 0 spiro atoms. The minimum atomic E-state index is -0.911. The maximum Gasteiger partial charge on any atom is 0.410 e. The van der Waals surface area contributed by atoms with E-state index < -0.39 is 23.8 Å². The van der Waals surface area contributed by atoms with E-state index in [-0.39, 0.29) is 6.54 Å². The first-order valence-corrected chi connectivity index (χ1v) is 12.6. The van der Waals surface area contributed by atoms with E-state index in [1.165, 1.54) is 12.0 Å². The quantitative estimate of drug-likeness (QED) is 0.310. The van der Waals surface area contributed by atoms with Crippen molar-refractivity contribution >= 4 is 35.3 Å². The van der Waals surface area contributed by atoms with E-state index in [0.29, 0.717) is 34.1 Å². The molecule has 0 aromatic heterocycles. The average molecular weight is 544 g/mol. The van der Waals surface area contributed by atoms with Gasteiger partial charge in [0, 0.05) is 11.6 Å². The summed E-state index contributed by atoms with van der Waals surface area (Å²) in [5, 5.41) is 11.6. The maximum absolute atomic E-state index is 12.9. The van der Waals surface area contributed by atoms with Crippen LogP contribution < -0.4 is 0 Å². The van der Waals surface area contributed by atoms with Gasteiger partial charge >= 0.3 is 12.1 Å². The molecule has 0 saturated heterocycles. The van der Waals surface area contributed by atoms with E-state index >= 15 is 0 Å². The fourth-order valence-electron chi connectivity index (χ4n) is 3.71. The van der Waals surface area contributed by atoms with E-state index in [4.69, 9.17) is 32.7 Å². The number of ether oxygens (including phenoxy) is 2. The molecule has 0 saturated carbocycles. The zero-order chi connectivity index (χ0) is 27.2.